The molecule has 0 aliphatic rings. The van der Waals surface area contributed by atoms with E-state index in [1.165, 1.54) is 0 Å². The maximum atomic E-state index is 12.7. The average Bonchev–Trinajstić information content (AvgIpc) is 3.24. The number of aryl methyl sites for hydroxylation is 1. The Kier molecular flexibility index (Phi) is 7.21. The molecular formula is C29H28N2O4. The smallest absolute Gasteiger partial charge is 0.203 e. The lowest BCUT2D eigenvalue weighted by molar-refractivity contribution is 0.104. The van der Waals surface area contributed by atoms with Crippen LogP contribution in [0.2, 0.25) is 0 Å². The first-order valence-corrected chi connectivity index (χ1v) is 11.1. The van der Waals surface area contributed by atoms with Crippen molar-refractivity contribution in [1.82, 2.24) is 4.57 Å². The van der Waals surface area contributed by atoms with Crippen molar-refractivity contribution in [2.24, 2.45) is 7.05 Å². The molecule has 0 spiro atoms. The number of rotatable bonds is 9. The van der Waals surface area contributed by atoms with Crippen molar-refractivity contribution in [2.75, 3.05) is 26.6 Å². The molecule has 1 N–H and O–H groups in total. The molecule has 4 rings (SSSR count). The van der Waals surface area contributed by atoms with E-state index in [0.717, 1.165) is 27.7 Å². The van der Waals surface area contributed by atoms with Gasteiger partial charge in [-0.1, -0.05) is 42.5 Å². The monoisotopic (exact) mass is 468 g/mol. The number of fused-ring (bicyclic) bond motifs is 1. The van der Waals surface area contributed by atoms with Crippen LogP contribution in [0.1, 0.15) is 21.5 Å². The fourth-order valence-electron chi connectivity index (χ4n) is 3.92. The Hall–Kier alpha value is -4.45. The van der Waals surface area contributed by atoms with Crippen LogP contribution in [-0.2, 0) is 7.05 Å². The minimum absolute atomic E-state index is 0.0424. The first kappa shape index (κ1) is 23.7. The van der Waals surface area contributed by atoms with Crippen LogP contribution >= 0.6 is 0 Å². The molecule has 178 valence electrons. The highest BCUT2D eigenvalue weighted by Gasteiger charge is 2.12. The molecule has 0 saturated heterocycles. The van der Waals surface area contributed by atoms with E-state index >= 15 is 0 Å². The Morgan fingerprint density at radius 3 is 2.17 bits per heavy atom. The van der Waals surface area contributed by atoms with Crippen molar-refractivity contribution >= 4 is 34.5 Å². The standard InChI is InChI=1S/C29H28N2O4/c1-31-19-24(23-7-5-6-8-25(23)31)26(32)15-16-30-22-13-11-20(12-14-22)9-10-21-17-27(33-2)29(35-4)28(18-21)34-3/h5-19,30H,1-4H3/b10-9-,16-15-. The number of allylic oxidation sites excluding steroid dienone is 1. The lowest BCUT2D eigenvalue weighted by atomic mass is 10.1. The molecule has 6 heteroatoms. The SMILES string of the molecule is COc1cc(/C=C\c2ccc(N/C=C\C(=O)c3cn(C)c4ccccc34)cc2)cc(OC)c1OC. The van der Waals surface area contributed by atoms with Gasteiger partial charge in [-0.2, -0.15) is 0 Å². The summed E-state index contributed by atoms with van der Waals surface area (Å²) in [5.74, 6) is 1.74. The molecule has 0 aliphatic heterocycles. The van der Waals surface area contributed by atoms with Gasteiger partial charge in [-0.05, 0) is 41.5 Å². The number of carbonyl (C=O) groups is 1. The Morgan fingerprint density at radius 2 is 1.51 bits per heavy atom. The quantitative estimate of drug-likeness (QED) is 0.180. The van der Waals surface area contributed by atoms with Crippen LogP contribution < -0.4 is 19.5 Å². The lowest BCUT2D eigenvalue weighted by Crippen LogP contribution is -1.95. The van der Waals surface area contributed by atoms with Gasteiger partial charge in [-0.3, -0.25) is 4.79 Å². The van der Waals surface area contributed by atoms with Crippen LogP contribution in [0.15, 0.2) is 79.1 Å². The van der Waals surface area contributed by atoms with Gasteiger partial charge < -0.3 is 24.1 Å². The number of ketones is 1. The second kappa shape index (κ2) is 10.7. The summed E-state index contributed by atoms with van der Waals surface area (Å²) in [5.41, 5.74) is 4.56. The molecule has 4 aromatic rings. The third-order valence-electron chi connectivity index (χ3n) is 5.71. The Morgan fingerprint density at radius 1 is 0.857 bits per heavy atom. The van der Waals surface area contributed by atoms with E-state index in [1.807, 2.05) is 90.6 Å². The largest absolute Gasteiger partial charge is 0.493 e. The molecule has 6 nitrogen and oxygen atoms in total. The van der Waals surface area contributed by atoms with E-state index in [0.29, 0.717) is 22.8 Å². The van der Waals surface area contributed by atoms with Crippen LogP contribution in [0.5, 0.6) is 17.2 Å². The molecule has 0 aliphatic carbocycles. The number of carbonyl (C=O) groups excluding carboxylic acids is 1. The average molecular weight is 469 g/mol. The van der Waals surface area contributed by atoms with Crippen molar-refractivity contribution < 1.29 is 19.0 Å². The second-order valence-electron chi connectivity index (χ2n) is 7.93. The molecular weight excluding hydrogens is 440 g/mol. The van der Waals surface area contributed by atoms with Gasteiger partial charge in [-0.25, -0.2) is 0 Å². The molecule has 0 bridgehead atoms. The number of anilines is 1. The third-order valence-corrected chi connectivity index (χ3v) is 5.71. The van der Waals surface area contributed by atoms with E-state index in [2.05, 4.69) is 5.32 Å². The topological polar surface area (TPSA) is 61.7 Å². The Balaban J connectivity index is 1.42. The van der Waals surface area contributed by atoms with Gasteiger partial charge in [0.05, 0.1) is 21.3 Å². The van der Waals surface area contributed by atoms with Crippen LogP contribution in [0.3, 0.4) is 0 Å². The molecule has 0 amide bonds. The molecule has 0 saturated carbocycles. The fourth-order valence-corrected chi connectivity index (χ4v) is 3.92. The minimum Gasteiger partial charge on any atom is -0.493 e. The van der Waals surface area contributed by atoms with E-state index in [4.69, 9.17) is 14.2 Å². The van der Waals surface area contributed by atoms with Crippen molar-refractivity contribution in [3.05, 3.63) is 95.8 Å². The molecule has 35 heavy (non-hydrogen) atoms. The number of para-hydroxylation sites is 1. The maximum Gasteiger partial charge on any atom is 0.203 e. The van der Waals surface area contributed by atoms with Gasteiger partial charge in [-0.15, -0.1) is 0 Å². The number of nitrogens with one attached hydrogen (secondary N) is 1. The summed E-state index contributed by atoms with van der Waals surface area (Å²) in [6.07, 6.45) is 9.08. The predicted molar refractivity (Wildman–Crippen MR) is 141 cm³/mol. The van der Waals surface area contributed by atoms with Gasteiger partial charge in [0, 0.05) is 47.7 Å². The number of benzene rings is 3. The van der Waals surface area contributed by atoms with Gasteiger partial charge in [0.15, 0.2) is 17.3 Å². The predicted octanol–water partition coefficient (Wildman–Crippen LogP) is 6.18. The molecule has 0 atom stereocenters. The number of aromatic nitrogens is 1. The number of hydrogen-bond acceptors (Lipinski definition) is 5. The maximum absolute atomic E-state index is 12.7. The molecule has 0 radical (unpaired) electrons. The van der Waals surface area contributed by atoms with E-state index in [-0.39, 0.29) is 5.78 Å². The summed E-state index contributed by atoms with van der Waals surface area (Å²) in [4.78, 5) is 12.7. The summed E-state index contributed by atoms with van der Waals surface area (Å²) in [5, 5.41) is 4.12. The van der Waals surface area contributed by atoms with Gasteiger partial charge in [0.1, 0.15) is 0 Å². The number of ether oxygens (including phenoxy) is 3. The van der Waals surface area contributed by atoms with Crippen molar-refractivity contribution in [3.63, 3.8) is 0 Å². The first-order valence-electron chi connectivity index (χ1n) is 11.1. The zero-order valence-electron chi connectivity index (χ0n) is 20.2. The number of methoxy groups -OCH3 is 3. The van der Waals surface area contributed by atoms with Crippen molar-refractivity contribution in [1.29, 1.82) is 0 Å². The number of nitrogens with zero attached hydrogens (tertiary/aromatic N) is 1. The minimum atomic E-state index is -0.0424. The zero-order valence-corrected chi connectivity index (χ0v) is 20.2. The van der Waals surface area contributed by atoms with Crippen LogP contribution in [0, 0.1) is 0 Å². The van der Waals surface area contributed by atoms with E-state index in [1.54, 1.807) is 33.6 Å². The highest BCUT2D eigenvalue weighted by Crippen LogP contribution is 2.38. The normalized spacial score (nSPS) is 11.3. The summed E-state index contributed by atoms with van der Waals surface area (Å²) >= 11 is 0. The van der Waals surface area contributed by atoms with Gasteiger partial charge in [0.25, 0.3) is 0 Å². The van der Waals surface area contributed by atoms with E-state index < -0.39 is 0 Å². The van der Waals surface area contributed by atoms with E-state index in [9.17, 15) is 4.79 Å². The molecule has 3 aromatic carbocycles. The lowest BCUT2D eigenvalue weighted by Gasteiger charge is -2.12. The highest BCUT2D eigenvalue weighted by atomic mass is 16.5. The summed E-state index contributed by atoms with van der Waals surface area (Å²) < 4.78 is 18.2. The van der Waals surface area contributed by atoms with Crippen molar-refractivity contribution in [2.45, 2.75) is 0 Å². The van der Waals surface area contributed by atoms with Gasteiger partial charge in [0.2, 0.25) is 5.75 Å². The summed E-state index contributed by atoms with van der Waals surface area (Å²) in [6, 6.07) is 19.6. The number of hydrogen-bond donors (Lipinski definition) is 1. The first-order chi connectivity index (χ1) is 17.0. The van der Waals surface area contributed by atoms with Crippen LogP contribution in [-0.4, -0.2) is 31.7 Å². The molecule has 1 aromatic heterocycles. The summed E-state index contributed by atoms with van der Waals surface area (Å²) in [7, 11) is 6.72. The Bertz CT molecular complexity index is 1370. The van der Waals surface area contributed by atoms with Gasteiger partial charge >= 0.3 is 0 Å². The summed E-state index contributed by atoms with van der Waals surface area (Å²) in [6.45, 7) is 0. The molecule has 0 fully saturated rings. The third kappa shape index (κ3) is 5.22. The van der Waals surface area contributed by atoms with Crippen molar-refractivity contribution in [3.8, 4) is 17.2 Å². The van der Waals surface area contributed by atoms with Crippen LogP contribution in [0.25, 0.3) is 23.1 Å². The van der Waals surface area contributed by atoms with Crippen LogP contribution in [0.4, 0.5) is 5.69 Å². The molecule has 0 unspecified atom stereocenters. The second-order valence-corrected chi connectivity index (χ2v) is 7.93. The highest BCUT2D eigenvalue weighted by molar-refractivity contribution is 6.13. The fraction of sp³-hybridized carbons (Fsp3) is 0.138. The molecule has 1 heterocycles. The zero-order chi connectivity index (χ0) is 24.8. The Labute approximate surface area is 205 Å².